The molecule has 0 radical (unpaired) electrons. The van der Waals surface area contributed by atoms with E-state index in [0.29, 0.717) is 0 Å². The molecule has 0 amide bonds. The minimum Gasteiger partial charge on any atom is -0.273 e. The van der Waals surface area contributed by atoms with Gasteiger partial charge in [0.2, 0.25) is 0 Å². The van der Waals surface area contributed by atoms with E-state index in [2.05, 4.69) is 38.2 Å². The average molecular weight is 336 g/mol. The molecule has 0 atom stereocenters. The molecule has 0 bridgehead atoms. The van der Waals surface area contributed by atoms with E-state index in [1.54, 1.807) is 0 Å². The Morgan fingerprint density at radius 2 is 1.94 bits per heavy atom. The molecular weight excluding hydrogens is 318 g/mol. The van der Waals surface area contributed by atoms with E-state index in [-0.39, 0.29) is 51.0 Å². The summed E-state index contributed by atoms with van der Waals surface area (Å²) in [7, 11) is 0. The van der Waals surface area contributed by atoms with Crippen molar-refractivity contribution in [2.45, 2.75) is 33.1 Å². The Morgan fingerprint density at radius 1 is 1.25 bits per heavy atom. The number of halogens is 2. The van der Waals surface area contributed by atoms with E-state index in [1.807, 2.05) is 12.2 Å². The Hall–Kier alpha value is 0.423. The summed E-state index contributed by atoms with van der Waals surface area (Å²) in [6.45, 7) is 4.31. The van der Waals surface area contributed by atoms with Crippen molar-refractivity contribution < 1.29 is 26.2 Å². The van der Waals surface area contributed by atoms with Gasteiger partial charge in [0.1, 0.15) is 0 Å². The number of hydrogen-bond donors (Lipinski definition) is 0. The smallest absolute Gasteiger partial charge is 0.273 e. The van der Waals surface area contributed by atoms with Crippen LogP contribution in [0.25, 0.3) is 0 Å². The number of hydrogen-bond acceptors (Lipinski definition) is 0. The van der Waals surface area contributed by atoms with Gasteiger partial charge in [0.15, 0.2) is 0 Å². The van der Waals surface area contributed by atoms with E-state index < -0.39 is 0 Å². The van der Waals surface area contributed by atoms with Gasteiger partial charge in [-0.05, 0) is 0 Å². The monoisotopic (exact) mass is 334 g/mol. The molecule has 0 spiro atoms. The van der Waals surface area contributed by atoms with Gasteiger partial charge in [-0.25, -0.2) is 17.7 Å². The van der Waals surface area contributed by atoms with Crippen molar-refractivity contribution in [3.63, 3.8) is 0 Å². The summed E-state index contributed by atoms with van der Waals surface area (Å²) in [5.41, 5.74) is 2.83. The quantitative estimate of drug-likeness (QED) is 0.613. The molecule has 0 aromatic carbocycles. The normalized spacial score (nSPS) is 14.6. The van der Waals surface area contributed by atoms with Crippen LogP contribution in [0.1, 0.15) is 33.1 Å². The van der Waals surface area contributed by atoms with Crippen LogP contribution in [0.4, 0.5) is 0 Å². The first-order chi connectivity index (χ1) is 6.34. The Kier molecular flexibility index (Phi) is 18.3. The largest absolute Gasteiger partial charge is 2.00 e. The van der Waals surface area contributed by atoms with Crippen molar-refractivity contribution in [3.05, 3.63) is 47.6 Å². The Balaban J connectivity index is -0.000000189. The van der Waals surface area contributed by atoms with Crippen LogP contribution >= 0.6 is 24.8 Å². The van der Waals surface area contributed by atoms with Gasteiger partial charge in [-0.1, -0.05) is 20.3 Å². The molecule has 3 heteroatoms. The average Bonchev–Trinajstić information content (AvgIpc) is 2.76. The van der Waals surface area contributed by atoms with Gasteiger partial charge in [0.05, 0.1) is 0 Å². The molecule has 0 saturated carbocycles. The zero-order valence-corrected chi connectivity index (χ0v) is 13.8. The maximum atomic E-state index is 3.24. The van der Waals surface area contributed by atoms with Crippen LogP contribution in [0.15, 0.2) is 35.5 Å². The van der Waals surface area contributed by atoms with Gasteiger partial charge in [-0.3, -0.25) is 12.2 Å². The van der Waals surface area contributed by atoms with Crippen LogP contribution in [-0.2, 0) is 26.2 Å². The van der Waals surface area contributed by atoms with Crippen molar-refractivity contribution in [1.82, 2.24) is 0 Å². The van der Waals surface area contributed by atoms with E-state index >= 15 is 0 Å². The predicted octanol–water partition coefficient (Wildman–Crippen LogP) is 4.62. The third-order valence-corrected chi connectivity index (χ3v) is 2.16. The molecule has 2 rings (SSSR count). The number of rotatable bonds is 1. The summed E-state index contributed by atoms with van der Waals surface area (Å²) in [5, 5.41) is 0. The van der Waals surface area contributed by atoms with Crippen LogP contribution in [0, 0.1) is 12.2 Å². The molecule has 16 heavy (non-hydrogen) atoms. The second kappa shape index (κ2) is 13.5. The summed E-state index contributed by atoms with van der Waals surface area (Å²) < 4.78 is 0. The van der Waals surface area contributed by atoms with Crippen molar-refractivity contribution >= 4 is 24.8 Å². The summed E-state index contributed by atoms with van der Waals surface area (Å²) >= 11 is 0. The van der Waals surface area contributed by atoms with Gasteiger partial charge < -0.3 is 0 Å². The first-order valence-corrected chi connectivity index (χ1v) is 4.83. The van der Waals surface area contributed by atoms with Crippen LogP contribution in [-0.4, -0.2) is 0 Å². The van der Waals surface area contributed by atoms with Crippen molar-refractivity contribution in [2.24, 2.45) is 0 Å². The summed E-state index contributed by atoms with van der Waals surface area (Å²) in [6.07, 6.45) is 17.7. The minimum atomic E-state index is 0. The number of allylic oxidation sites excluding steroid dienone is 8. The molecular formula is C13H18Cl2Zr. The van der Waals surface area contributed by atoms with Crippen molar-refractivity contribution in [3.8, 4) is 0 Å². The fraction of sp³-hybridized carbons (Fsp3) is 0.385. The fourth-order valence-electron chi connectivity index (χ4n) is 1.34. The standard InChI is InChI=1S/C8H11.C5H5.2ClH.Zr/c1-3-8-6-4-5-7(8)2;1-2-4-5-3-1;;;/h6H,3-4H2,1-2H3;1-3H,4H2;2*1H;/q2*-1;;;+2. The second-order valence-electron chi connectivity index (χ2n) is 3.09. The van der Waals surface area contributed by atoms with E-state index in [1.165, 1.54) is 17.6 Å². The zero-order chi connectivity index (χ0) is 9.52. The topological polar surface area (TPSA) is 0 Å². The molecule has 0 aliphatic heterocycles. The molecule has 0 aromatic heterocycles. The van der Waals surface area contributed by atoms with E-state index in [0.717, 1.165) is 12.8 Å². The van der Waals surface area contributed by atoms with Crippen LogP contribution < -0.4 is 0 Å². The first-order valence-electron chi connectivity index (χ1n) is 4.83. The summed E-state index contributed by atoms with van der Waals surface area (Å²) in [4.78, 5) is 0. The third-order valence-electron chi connectivity index (χ3n) is 2.16. The molecule has 0 unspecified atom stereocenters. The minimum absolute atomic E-state index is 0. The Bertz CT molecular complexity index is 266. The van der Waals surface area contributed by atoms with Crippen LogP contribution in [0.3, 0.4) is 0 Å². The molecule has 2 aliphatic rings. The van der Waals surface area contributed by atoms with Crippen molar-refractivity contribution in [2.75, 3.05) is 0 Å². The Morgan fingerprint density at radius 3 is 2.12 bits per heavy atom. The Labute approximate surface area is 131 Å². The molecule has 0 N–H and O–H groups in total. The molecule has 0 heterocycles. The molecule has 0 saturated heterocycles. The maximum absolute atomic E-state index is 3.24. The summed E-state index contributed by atoms with van der Waals surface area (Å²) in [6, 6.07) is 0. The predicted molar refractivity (Wildman–Crippen MR) is 71.5 cm³/mol. The van der Waals surface area contributed by atoms with Gasteiger partial charge in [0.25, 0.3) is 0 Å². The SMILES string of the molecule is CCC1=CC[C-]=C1C.Cl.Cl.[C-]1=CC=CC1.[Zr+2]. The van der Waals surface area contributed by atoms with Gasteiger partial charge in [0, 0.05) is 0 Å². The summed E-state index contributed by atoms with van der Waals surface area (Å²) in [5.74, 6) is 0. The van der Waals surface area contributed by atoms with E-state index in [4.69, 9.17) is 0 Å². The van der Waals surface area contributed by atoms with Gasteiger partial charge in [-0.15, -0.1) is 37.7 Å². The van der Waals surface area contributed by atoms with Gasteiger partial charge in [-0.2, -0.15) is 17.7 Å². The molecule has 0 nitrogen and oxygen atoms in total. The molecule has 88 valence electrons. The van der Waals surface area contributed by atoms with Gasteiger partial charge >= 0.3 is 26.2 Å². The van der Waals surface area contributed by atoms with Crippen molar-refractivity contribution in [1.29, 1.82) is 0 Å². The third kappa shape index (κ3) is 8.56. The van der Waals surface area contributed by atoms with Crippen LogP contribution in [0.2, 0.25) is 0 Å². The molecule has 0 aromatic rings. The fourth-order valence-corrected chi connectivity index (χ4v) is 1.34. The first kappa shape index (κ1) is 21.7. The molecule has 0 fully saturated rings. The molecule has 2 aliphatic carbocycles. The van der Waals surface area contributed by atoms with Crippen LogP contribution in [0.5, 0.6) is 0 Å². The second-order valence-corrected chi connectivity index (χ2v) is 3.09. The van der Waals surface area contributed by atoms with E-state index in [9.17, 15) is 0 Å². The zero-order valence-electron chi connectivity index (χ0n) is 9.75. The maximum Gasteiger partial charge on any atom is 2.00 e.